The first-order valence-corrected chi connectivity index (χ1v) is 12.0. The van der Waals surface area contributed by atoms with E-state index in [0.717, 1.165) is 5.56 Å². The largest absolute Gasteiger partial charge is 0.496 e. The van der Waals surface area contributed by atoms with Crippen LogP contribution in [0.2, 0.25) is 0 Å². The van der Waals surface area contributed by atoms with Gasteiger partial charge in [-0.25, -0.2) is 0 Å². The molecule has 0 bridgehead atoms. The summed E-state index contributed by atoms with van der Waals surface area (Å²) in [5.41, 5.74) is 0.881. The van der Waals surface area contributed by atoms with E-state index in [-0.39, 0.29) is 33.7 Å². The van der Waals surface area contributed by atoms with Crippen LogP contribution in [0.1, 0.15) is 37.4 Å². The van der Waals surface area contributed by atoms with Gasteiger partial charge in [0.25, 0.3) is 0 Å². The van der Waals surface area contributed by atoms with Gasteiger partial charge in [0, 0.05) is 10.9 Å². The number of aryl methyl sites for hydroxylation is 3. The Hall–Kier alpha value is -3.37. The topological polar surface area (TPSA) is 78.9 Å². The summed E-state index contributed by atoms with van der Waals surface area (Å²) in [7, 11) is -0.177. The van der Waals surface area contributed by atoms with Gasteiger partial charge >= 0.3 is 0 Å². The Bertz CT molecular complexity index is 1240. The Labute approximate surface area is 193 Å². The van der Waals surface area contributed by atoms with Crippen molar-refractivity contribution in [2.24, 2.45) is 0 Å². The van der Waals surface area contributed by atoms with Gasteiger partial charge in [-0.2, -0.15) is 0 Å². The maximum absolute atomic E-state index is 14.7. The number of ether oxygens (including phenoxy) is 3. The molecule has 0 fully saturated rings. The molecule has 0 aliphatic rings. The first kappa shape index (κ1) is 24.3. The minimum absolute atomic E-state index is 0.0585. The Morgan fingerprint density at radius 2 is 1.21 bits per heavy atom. The normalized spacial score (nSPS) is 12.5. The first-order valence-electron chi connectivity index (χ1n) is 10.3. The predicted molar refractivity (Wildman–Crippen MR) is 129 cm³/mol. The summed E-state index contributed by atoms with van der Waals surface area (Å²) in [6.45, 7) is 5.47. The van der Waals surface area contributed by atoms with Gasteiger partial charge in [-0.3, -0.25) is 9.59 Å². The van der Waals surface area contributed by atoms with Crippen LogP contribution in [0.15, 0.2) is 54.6 Å². The fourth-order valence-electron chi connectivity index (χ4n) is 4.08. The molecule has 3 aromatic carbocycles. The molecule has 0 N–H and O–H groups in total. The fraction of sp³-hybridized carbons (Fsp3) is 0.231. The molecule has 0 heterocycles. The Balaban J connectivity index is 2.36. The number of hydrogen-bond acceptors (Lipinski definition) is 6. The third-order valence-corrected chi connectivity index (χ3v) is 8.14. The molecule has 0 aliphatic heterocycles. The molecule has 172 valence electrons. The summed E-state index contributed by atoms with van der Waals surface area (Å²) >= 11 is 0. The molecule has 6 nitrogen and oxygen atoms in total. The van der Waals surface area contributed by atoms with E-state index in [1.54, 1.807) is 38.1 Å². The molecule has 0 saturated carbocycles. The smallest absolute Gasteiger partial charge is 0.249 e. The zero-order valence-electron chi connectivity index (χ0n) is 19.6. The number of carbonyl (C=O) groups is 2. The zero-order valence-corrected chi connectivity index (χ0v) is 20.5. The molecule has 0 aliphatic carbocycles. The molecule has 7 heteroatoms. The molecule has 3 rings (SSSR count). The number of benzene rings is 3. The van der Waals surface area contributed by atoms with E-state index in [4.69, 9.17) is 14.2 Å². The lowest BCUT2D eigenvalue weighted by atomic mass is 10.0. The molecule has 1 atom stereocenters. The van der Waals surface area contributed by atoms with Crippen LogP contribution in [-0.4, -0.2) is 32.4 Å². The highest BCUT2D eigenvalue weighted by atomic mass is 31.2. The van der Waals surface area contributed by atoms with E-state index in [1.807, 2.05) is 19.1 Å². The third-order valence-electron chi connectivity index (χ3n) is 5.52. The molecule has 0 saturated heterocycles. The summed E-state index contributed by atoms with van der Waals surface area (Å²) in [5, 5.41) is 0.145. The van der Waals surface area contributed by atoms with Crippen molar-refractivity contribution in [1.82, 2.24) is 0 Å². The maximum atomic E-state index is 14.7. The SMILES string of the molecule is COc1ccc(OC)c(C(=O)P(=O)(C(=O)c2c(C)cc(C)cc2C)c2ccccc2)c1OC. The van der Waals surface area contributed by atoms with Gasteiger partial charge in [0.15, 0.2) is 11.5 Å². The number of hydrogen-bond donors (Lipinski definition) is 0. The van der Waals surface area contributed by atoms with E-state index in [9.17, 15) is 14.2 Å². The molecule has 0 spiro atoms. The van der Waals surface area contributed by atoms with Gasteiger partial charge in [-0.05, 0) is 44.0 Å². The molecule has 0 aromatic heterocycles. The number of rotatable bonds is 8. The lowest BCUT2D eigenvalue weighted by Crippen LogP contribution is -2.22. The van der Waals surface area contributed by atoms with Crippen molar-refractivity contribution in [2.75, 3.05) is 21.3 Å². The van der Waals surface area contributed by atoms with Crippen molar-refractivity contribution in [3.05, 3.63) is 82.4 Å². The van der Waals surface area contributed by atoms with Crippen molar-refractivity contribution < 1.29 is 28.4 Å². The van der Waals surface area contributed by atoms with Crippen LogP contribution in [-0.2, 0) is 4.57 Å². The van der Waals surface area contributed by atoms with Crippen molar-refractivity contribution >= 4 is 23.5 Å². The lowest BCUT2D eigenvalue weighted by molar-refractivity contribution is 0.103. The fourth-order valence-corrected chi connectivity index (χ4v) is 6.52. The molecule has 33 heavy (non-hydrogen) atoms. The Morgan fingerprint density at radius 1 is 0.697 bits per heavy atom. The van der Waals surface area contributed by atoms with Crippen LogP contribution < -0.4 is 19.5 Å². The summed E-state index contributed by atoms with van der Waals surface area (Å²) in [6, 6.07) is 14.9. The van der Waals surface area contributed by atoms with Crippen LogP contribution >= 0.6 is 7.14 Å². The van der Waals surface area contributed by atoms with Crippen molar-refractivity contribution in [3.63, 3.8) is 0 Å². The monoisotopic (exact) mass is 466 g/mol. The van der Waals surface area contributed by atoms with Crippen LogP contribution in [0.3, 0.4) is 0 Å². The van der Waals surface area contributed by atoms with Gasteiger partial charge in [0.05, 0.1) is 21.3 Å². The second-order valence-electron chi connectivity index (χ2n) is 7.71. The summed E-state index contributed by atoms with van der Waals surface area (Å²) < 4.78 is 30.9. The predicted octanol–water partition coefficient (Wildman–Crippen LogP) is 5.31. The maximum Gasteiger partial charge on any atom is 0.249 e. The molecule has 0 radical (unpaired) electrons. The zero-order chi connectivity index (χ0) is 24.3. The highest BCUT2D eigenvalue weighted by Crippen LogP contribution is 2.55. The quantitative estimate of drug-likeness (QED) is 0.419. The third kappa shape index (κ3) is 4.19. The standard InChI is InChI=1S/C26H27O6P/c1-16-14-17(2)22(18(3)15-16)25(27)33(29,19-10-8-7-9-11-19)26(28)23-20(30-4)12-13-21(31-5)24(23)32-6/h7-15H,1-6H3. The molecular formula is C26H27O6P. The average molecular weight is 466 g/mol. The van der Waals surface area contributed by atoms with E-state index >= 15 is 0 Å². The van der Waals surface area contributed by atoms with Crippen molar-refractivity contribution in [2.45, 2.75) is 20.8 Å². The van der Waals surface area contributed by atoms with Gasteiger partial charge in [-0.15, -0.1) is 0 Å². The number of methoxy groups -OCH3 is 3. The van der Waals surface area contributed by atoms with Crippen LogP contribution in [0.5, 0.6) is 17.2 Å². The van der Waals surface area contributed by atoms with Gasteiger partial charge in [0.2, 0.25) is 18.2 Å². The minimum Gasteiger partial charge on any atom is -0.496 e. The van der Waals surface area contributed by atoms with E-state index < -0.39 is 18.2 Å². The number of carbonyl (C=O) groups excluding carboxylic acids is 2. The van der Waals surface area contributed by atoms with E-state index in [1.165, 1.54) is 39.5 Å². The minimum atomic E-state index is -4.37. The molecular weight excluding hydrogens is 439 g/mol. The van der Waals surface area contributed by atoms with Crippen molar-refractivity contribution in [3.8, 4) is 17.2 Å². The summed E-state index contributed by atoms with van der Waals surface area (Å²) in [5.74, 6) is 0.457. The first-order chi connectivity index (χ1) is 15.7. The average Bonchev–Trinajstić information content (AvgIpc) is 2.81. The molecule has 3 aromatic rings. The molecule has 1 unspecified atom stereocenters. The van der Waals surface area contributed by atoms with Gasteiger partial charge in [0.1, 0.15) is 11.3 Å². The summed E-state index contributed by atoms with van der Waals surface area (Å²) in [4.78, 5) is 28.1. The second-order valence-corrected chi connectivity index (χ2v) is 10.3. The second kappa shape index (κ2) is 9.63. The van der Waals surface area contributed by atoms with Crippen molar-refractivity contribution in [1.29, 1.82) is 0 Å². The van der Waals surface area contributed by atoms with Crippen LogP contribution in [0, 0.1) is 20.8 Å². The van der Waals surface area contributed by atoms with Gasteiger partial charge in [-0.1, -0.05) is 48.0 Å². The Kier molecular flexibility index (Phi) is 7.09. The van der Waals surface area contributed by atoms with E-state index in [0.29, 0.717) is 11.1 Å². The summed E-state index contributed by atoms with van der Waals surface area (Å²) in [6.07, 6.45) is 0. The lowest BCUT2D eigenvalue weighted by Gasteiger charge is -2.22. The van der Waals surface area contributed by atoms with Crippen LogP contribution in [0.4, 0.5) is 0 Å². The van der Waals surface area contributed by atoms with Gasteiger partial charge < -0.3 is 18.8 Å². The Morgan fingerprint density at radius 3 is 1.73 bits per heavy atom. The highest BCUT2D eigenvalue weighted by Gasteiger charge is 2.46. The van der Waals surface area contributed by atoms with Crippen LogP contribution in [0.25, 0.3) is 0 Å². The van der Waals surface area contributed by atoms with E-state index in [2.05, 4.69) is 0 Å². The molecule has 0 amide bonds. The highest BCUT2D eigenvalue weighted by molar-refractivity contribution is 8.01.